The molecule has 0 bridgehead atoms. The molecular weight excluding hydrogens is 170 g/mol. The predicted octanol–water partition coefficient (Wildman–Crippen LogP) is 3.82. The third-order valence-corrected chi connectivity index (χ3v) is 2.09. The van der Waals surface area contributed by atoms with E-state index in [0.717, 1.165) is 6.42 Å². The molecule has 1 aromatic carbocycles. The molecule has 0 unspecified atom stereocenters. The highest BCUT2D eigenvalue weighted by atomic mass is 14.7. The lowest BCUT2D eigenvalue weighted by Gasteiger charge is -2.01. The molecule has 0 saturated heterocycles. The lowest BCUT2D eigenvalue weighted by molar-refractivity contribution is 1.06. The molecule has 0 aliphatic rings. The number of aromatic nitrogens is 1. The molecule has 1 heteroatoms. The quantitative estimate of drug-likeness (QED) is 0.661. The summed E-state index contributed by atoms with van der Waals surface area (Å²) in [5, 5.41) is 2.56. The topological polar surface area (TPSA) is 12.9 Å². The molecule has 2 rings (SSSR count). The average Bonchev–Trinajstić information content (AvgIpc) is 2.31. The second-order valence-electron chi connectivity index (χ2n) is 2.83. The zero-order chi connectivity index (χ0) is 10.4. The highest BCUT2D eigenvalue weighted by molar-refractivity contribution is 5.84. The summed E-state index contributed by atoms with van der Waals surface area (Å²) in [6, 6.07) is 10.4. The number of rotatable bonds is 1. The van der Waals surface area contributed by atoms with Crippen molar-refractivity contribution in [3.05, 3.63) is 42.2 Å². The van der Waals surface area contributed by atoms with E-state index in [0.29, 0.717) is 0 Å². The first kappa shape index (κ1) is 10.7. The predicted molar refractivity (Wildman–Crippen MR) is 62.5 cm³/mol. The van der Waals surface area contributed by atoms with E-state index in [1.807, 2.05) is 20.0 Å². The fourth-order valence-electron chi connectivity index (χ4n) is 1.46. The summed E-state index contributed by atoms with van der Waals surface area (Å²) in [6.07, 6.45) is 2.88. The third-order valence-electron chi connectivity index (χ3n) is 2.09. The van der Waals surface area contributed by atoms with Gasteiger partial charge in [0.05, 0.1) is 0 Å². The minimum atomic E-state index is 1.00. The molecule has 1 heterocycles. The highest BCUT2D eigenvalue weighted by Gasteiger charge is 1.97. The SMILES string of the molecule is CC.CCc1nccc2ccccc12. The number of pyridine rings is 1. The Bertz CT molecular complexity index is 388. The maximum Gasteiger partial charge on any atom is 0.0479 e. The summed E-state index contributed by atoms with van der Waals surface area (Å²) in [4.78, 5) is 4.33. The molecule has 0 radical (unpaired) electrons. The van der Waals surface area contributed by atoms with Gasteiger partial charge in [0.1, 0.15) is 0 Å². The van der Waals surface area contributed by atoms with Gasteiger partial charge in [-0.15, -0.1) is 0 Å². The maximum atomic E-state index is 4.33. The number of aryl methyl sites for hydroxylation is 1. The van der Waals surface area contributed by atoms with Crippen LogP contribution in [0.2, 0.25) is 0 Å². The van der Waals surface area contributed by atoms with Crippen LogP contribution in [0.1, 0.15) is 26.5 Å². The molecule has 1 aromatic heterocycles. The smallest absolute Gasteiger partial charge is 0.0479 e. The fraction of sp³-hybridized carbons (Fsp3) is 0.308. The molecule has 0 saturated carbocycles. The molecule has 74 valence electrons. The van der Waals surface area contributed by atoms with Gasteiger partial charge in [-0.3, -0.25) is 4.98 Å². The van der Waals surface area contributed by atoms with Gasteiger partial charge in [-0.2, -0.15) is 0 Å². The van der Waals surface area contributed by atoms with E-state index in [4.69, 9.17) is 0 Å². The Morgan fingerprint density at radius 3 is 2.50 bits per heavy atom. The zero-order valence-electron chi connectivity index (χ0n) is 9.12. The lowest BCUT2D eigenvalue weighted by atomic mass is 10.1. The van der Waals surface area contributed by atoms with Gasteiger partial charge < -0.3 is 0 Å². The van der Waals surface area contributed by atoms with Gasteiger partial charge in [0.25, 0.3) is 0 Å². The van der Waals surface area contributed by atoms with Crippen molar-refractivity contribution < 1.29 is 0 Å². The van der Waals surface area contributed by atoms with Crippen molar-refractivity contribution in [1.29, 1.82) is 0 Å². The van der Waals surface area contributed by atoms with Gasteiger partial charge in [0, 0.05) is 17.3 Å². The van der Waals surface area contributed by atoms with Crippen LogP contribution in [0.25, 0.3) is 10.8 Å². The summed E-state index contributed by atoms with van der Waals surface area (Å²) < 4.78 is 0. The summed E-state index contributed by atoms with van der Waals surface area (Å²) in [7, 11) is 0. The van der Waals surface area contributed by atoms with E-state index in [1.165, 1.54) is 16.5 Å². The van der Waals surface area contributed by atoms with E-state index in [2.05, 4.69) is 42.2 Å². The Morgan fingerprint density at radius 2 is 1.79 bits per heavy atom. The molecule has 2 aromatic rings. The average molecular weight is 187 g/mol. The number of fused-ring (bicyclic) bond motifs is 1. The number of hydrogen-bond donors (Lipinski definition) is 0. The number of hydrogen-bond acceptors (Lipinski definition) is 1. The van der Waals surface area contributed by atoms with Crippen molar-refractivity contribution in [3.63, 3.8) is 0 Å². The summed E-state index contributed by atoms with van der Waals surface area (Å²) in [5.74, 6) is 0. The largest absolute Gasteiger partial charge is 0.261 e. The van der Waals surface area contributed by atoms with E-state index >= 15 is 0 Å². The van der Waals surface area contributed by atoms with Crippen LogP contribution in [0.3, 0.4) is 0 Å². The van der Waals surface area contributed by atoms with Gasteiger partial charge in [-0.1, -0.05) is 45.0 Å². The Kier molecular flexibility index (Phi) is 4.11. The molecule has 14 heavy (non-hydrogen) atoms. The molecule has 1 nitrogen and oxygen atoms in total. The van der Waals surface area contributed by atoms with Crippen LogP contribution in [0.5, 0.6) is 0 Å². The zero-order valence-corrected chi connectivity index (χ0v) is 9.12. The van der Waals surface area contributed by atoms with Crippen LogP contribution in [0.4, 0.5) is 0 Å². The van der Waals surface area contributed by atoms with Crippen LogP contribution >= 0.6 is 0 Å². The van der Waals surface area contributed by atoms with Crippen LogP contribution in [-0.4, -0.2) is 4.98 Å². The molecule has 0 aliphatic carbocycles. The first-order valence-electron chi connectivity index (χ1n) is 5.24. The van der Waals surface area contributed by atoms with Gasteiger partial charge in [0.2, 0.25) is 0 Å². The first-order chi connectivity index (χ1) is 6.92. The second-order valence-corrected chi connectivity index (χ2v) is 2.83. The van der Waals surface area contributed by atoms with E-state index < -0.39 is 0 Å². The second kappa shape index (κ2) is 5.38. The van der Waals surface area contributed by atoms with Crippen molar-refractivity contribution in [2.45, 2.75) is 27.2 Å². The Balaban J connectivity index is 0.000000461. The van der Waals surface area contributed by atoms with Crippen molar-refractivity contribution >= 4 is 10.8 Å². The van der Waals surface area contributed by atoms with Crippen molar-refractivity contribution in [2.75, 3.05) is 0 Å². The normalized spacial score (nSPS) is 9.36. The minimum Gasteiger partial charge on any atom is -0.261 e. The molecule has 0 aliphatic heterocycles. The Morgan fingerprint density at radius 1 is 1.07 bits per heavy atom. The highest BCUT2D eigenvalue weighted by Crippen LogP contribution is 2.15. The van der Waals surface area contributed by atoms with Gasteiger partial charge in [-0.25, -0.2) is 0 Å². The molecule has 0 atom stereocenters. The Labute approximate surface area is 85.8 Å². The fourth-order valence-corrected chi connectivity index (χ4v) is 1.46. The van der Waals surface area contributed by atoms with Crippen molar-refractivity contribution in [3.8, 4) is 0 Å². The van der Waals surface area contributed by atoms with Gasteiger partial charge >= 0.3 is 0 Å². The Hall–Kier alpha value is -1.37. The first-order valence-corrected chi connectivity index (χ1v) is 5.24. The van der Waals surface area contributed by atoms with E-state index in [9.17, 15) is 0 Å². The molecule has 0 spiro atoms. The van der Waals surface area contributed by atoms with E-state index in [-0.39, 0.29) is 0 Å². The molecule has 0 fully saturated rings. The lowest BCUT2D eigenvalue weighted by Crippen LogP contribution is -1.87. The number of benzene rings is 1. The van der Waals surface area contributed by atoms with Crippen LogP contribution in [-0.2, 0) is 6.42 Å². The van der Waals surface area contributed by atoms with Gasteiger partial charge in [-0.05, 0) is 17.9 Å². The third kappa shape index (κ3) is 2.11. The van der Waals surface area contributed by atoms with Crippen molar-refractivity contribution in [1.82, 2.24) is 4.98 Å². The standard InChI is InChI=1S/C11H11N.C2H6/c1-2-11-10-6-4-3-5-9(10)7-8-12-11;1-2/h3-8H,2H2,1H3;1-2H3. The molecular formula is C13H17N. The molecule has 0 amide bonds. The van der Waals surface area contributed by atoms with E-state index in [1.54, 1.807) is 0 Å². The van der Waals surface area contributed by atoms with Crippen molar-refractivity contribution in [2.24, 2.45) is 0 Å². The monoisotopic (exact) mass is 187 g/mol. The van der Waals surface area contributed by atoms with Gasteiger partial charge in [0.15, 0.2) is 0 Å². The number of nitrogens with zero attached hydrogens (tertiary/aromatic N) is 1. The molecule has 0 N–H and O–H groups in total. The van der Waals surface area contributed by atoms with Crippen LogP contribution in [0.15, 0.2) is 36.5 Å². The summed E-state index contributed by atoms with van der Waals surface area (Å²) in [6.45, 7) is 6.13. The minimum absolute atomic E-state index is 1.00. The summed E-state index contributed by atoms with van der Waals surface area (Å²) in [5.41, 5.74) is 1.19. The van der Waals surface area contributed by atoms with Crippen LogP contribution in [0, 0.1) is 0 Å². The maximum absolute atomic E-state index is 4.33. The summed E-state index contributed by atoms with van der Waals surface area (Å²) >= 11 is 0. The van der Waals surface area contributed by atoms with Crippen LogP contribution < -0.4 is 0 Å².